The van der Waals surface area contributed by atoms with E-state index in [4.69, 9.17) is 4.74 Å². The Balaban J connectivity index is 2.02. The molecule has 0 unspecified atom stereocenters. The first-order valence-corrected chi connectivity index (χ1v) is 6.91. The van der Waals surface area contributed by atoms with E-state index in [1.54, 1.807) is 7.11 Å². The minimum Gasteiger partial charge on any atom is -0.497 e. The number of nitrogens with one attached hydrogen (secondary N) is 1. The Hall–Kier alpha value is -1.02. The third kappa shape index (κ3) is 3.26. The van der Waals surface area contributed by atoms with Gasteiger partial charge in [0, 0.05) is 6.04 Å². The summed E-state index contributed by atoms with van der Waals surface area (Å²) in [5.74, 6) is 0.947. The van der Waals surface area contributed by atoms with Gasteiger partial charge in [0.15, 0.2) is 0 Å². The second-order valence-electron chi connectivity index (χ2n) is 6.04. The monoisotopic (exact) mass is 247 g/mol. The van der Waals surface area contributed by atoms with Gasteiger partial charge in [0.25, 0.3) is 0 Å². The van der Waals surface area contributed by atoms with Crippen LogP contribution in [0.4, 0.5) is 0 Å². The molecule has 1 aromatic carbocycles. The van der Waals surface area contributed by atoms with Gasteiger partial charge in [-0.3, -0.25) is 0 Å². The Morgan fingerprint density at radius 3 is 2.61 bits per heavy atom. The Bertz CT molecular complexity index is 408. The predicted molar refractivity (Wildman–Crippen MR) is 76.4 cm³/mol. The summed E-state index contributed by atoms with van der Waals surface area (Å²) in [5.41, 5.74) is 2.98. The molecular formula is C16H25NO. The molecule has 0 aromatic heterocycles. The fourth-order valence-corrected chi connectivity index (χ4v) is 2.53. The maximum Gasteiger partial charge on any atom is 0.119 e. The highest BCUT2D eigenvalue weighted by molar-refractivity contribution is 5.38. The van der Waals surface area contributed by atoms with Crippen molar-refractivity contribution in [3.8, 4) is 5.75 Å². The quantitative estimate of drug-likeness (QED) is 0.831. The zero-order valence-electron chi connectivity index (χ0n) is 12.0. The molecule has 2 heteroatoms. The standard InChI is InChI=1S/C16H25NO/c1-12-11-14(18-4)7-8-15(12)16(2,3)9-10-17-13-5-6-13/h7-8,11,13,17H,5-6,9-10H2,1-4H3. The fourth-order valence-electron chi connectivity index (χ4n) is 2.53. The normalized spacial score (nSPS) is 15.8. The van der Waals surface area contributed by atoms with Crippen LogP contribution in [0.3, 0.4) is 0 Å². The van der Waals surface area contributed by atoms with E-state index < -0.39 is 0 Å². The number of rotatable bonds is 6. The molecule has 18 heavy (non-hydrogen) atoms. The van der Waals surface area contributed by atoms with Crippen LogP contribution in [-0.4, -0.2) is 19.7 Å². The van der Waals surface area contributed by atoms with E-state index in [1.165, 1.54) is 30.4 Å². The highest BCUT2D eigenvalue weighted by atomic mass is 16.5. The number of hydrogen-bond donors (Lipinski definition) is 1. The maximum absolute atomic E-state index is 5.27. The van der Waals surface area contributed by atoms with Crippen LogP contribution in [-0.2, 0) is 5.41 Å². The van der Waals surface area contributed by atoms with Gasteiger partial charge in [-0.15, -0.1) is 0 Å². The van der Waals surface area contributed by atoms with Gasteiger partial charge in [-0.25, -0.2) is 0 Å². The summed E-state index contributed by atoms with van der Waals surface area (Å²) in [7, 11) is 1.72. The van der Waals surface area contributed by atoms with Crippen molar-refractivity contribution in [1.29, 1.82) is 0 Å². The van der Waals surface area contributed by atoms with Crippen LogP contribution in [0.2, 0.25) is 0 Å². The lowest BCUT2D eigenvalue weighted by Gasteiger charge is -2.27. The number of hydrogen-bond acceptors (Lipinski definition) is 2. The van der Waals surface area contributed by atoms with Crippen molar-refractivity contribution in [1.82, 2.24) is 5.32 Å². The maximum atomic E-state index is 5.27. The molecule has 0 radical (unpaired) electrons. The van der Waals surface area contributed by atoms with E-state index >= 15 is 0 Å². The summed E-state index contributed by atoms with van der Waals surface area (Å²) < 4.78 is 5.27. The van der Waals surface area contributed by atoms with Gasteiger partial charge in [0.1, 0.15) is 5.75 Å². The molecule has 100 valence electrons. The van der Waals surface area contributed by atoms with Gasteiger partial charge >= 0.3 is 0 Å². The third-order valence-electron chi connectivity index (χ3n) is 3.92. The van der Waals surface area contributed by atoms with E-state index in [0.29, 0.717) is 0 Å². The Labute approximate surface area is 111 Å². The van der Waals surface area contributed by atoms with Crippen molar-refractivity contribution in [2.75, 3.05) is 13.7 Å². The average molecular weight is 247 g/mol. The molecule has 1 N–H and O–H groups in total. The van der Waals surface area contributed by atoms with Gasteiger partial charge in [-0.05, 0) is 61.4 Å². The summed E-state index contributed by atoms with van der Waals surface area (Å²) in [5, 5.41) is 3.60. The molecule has 0 spiro atoms. The zero-order chi connectivity index (χ0) is 13.2. The fraction of sp³-hybridized carbons (Fsp3) is 0.625. The summed E-state index contributed by atoms with van der Waals surface area (Å²) >= 11 is 0. The van der Waals surface area contributed by atoms with Crippen LogP contribution in [0, 0.1) is 6.92 Å². The van der Waals surface area contributed by atoms with Crippen molar-refractivity contribution in [2.45, 2.75) is 51.5 Å². The molecule has 1 saturated carbocycles. The molecule has 0 amide bonds. The van der Waals surface area contributed by atoms with E-state index in [2.05, 4.69) is 44.3 Å². The Kier molecular flexibility index (Phi) is 3.96. The first-order valence-electron chi connectivity index (χ1n) is 6.91. The molecule has 0 saturated heterocycles. The molecule has 0 atom stereocenters. The molecule has 0 aliphatic heterocycles. The molecule has 1 aliphatic rings. The lowest BCUT2D eigenvalue weighted by Crippen LogP contribution is -2.27. The number of aryl methyl sites for hydroxylation is 1. The van der Waals surface area contributed by atoms with Gasteiger partial charge in [-0.1, -0.05) is 19.9 Å². The van der Waals surface area contributed by atoms with Crippen molar-refractivity contribution < 1.29 is 4.74 Å². The van der Waals surface area contributed by atoms with E-state index in [9.17, 15) is 0 Å². The topological polar surface area (TPSA) is 21.3 Å². The summed E-state index contributed by atoms with van der Waals surface area (Å²) in [6, 6.07) is 7.22. The van der Waals surface area contributed by atoms with E-state index in [-0.39, 0.29) is 5.41 Å². The molecule has 0 bridgehead atoms. The second kappa shape index (κ2) is 5.31. The highest BCUT2D eigenvalue weighted by Gasteiger charge is 2.25. The van der Waals surface area contributed by atoms with E-state index in [0.717, 1.165) is 18.3 Å². The first-order chi connectivity index (χ1) is 8.53. The van der Waals surface area contributed by atoms with Gasteiger partial charge in [0.05, 0.1) is 7.11 Å². The molecule has 2 nitrogen and oxygen atoms in total. The van der Waals surface area contributed by atoms with Gasteiger partial charge in [0.2, 0.25) is 0 Å². The molecule has 1 aliphatic carbocycles. The minimum atomic E-state index is 0.220. The Morgan fingerprint density at radius 2 is 2.06 bits per heavy atom. The molecule has 2 rings (SSSR count). The van der Waals surface area contributed by atoms with Crippen molar-refractivity contribution in [2.24, 2.45) is 0 Å². The van der Waals surface area contributed by atoms with Crippen LogP contribution >= 0.6 is 0 Å². The van der Waals surface area contributed by atoms with Crippen LogP contribution < -0.4 is 10.1 Å². The van der Waals surface area contributed by atoms with Crippen LogP contribution in [0.15, 0.2) is 18.2 Å². The van der Waals surface area contributed by atoms with Crippen molar-refractivity contribution in [3.05, 3.63) is 29.3 Å². The van der Waals surface area contributed by atoms with Crippen LogP contribution in [0.25, 0.3) is 0 Å². The number of ether oxygens (including phenoxy) is 1. The highest BCUT2D eigenvalue weighted by Crippen LogP contribution is 2.31. The summed E-state index contributed by atoms with van der Waals surface area (Å²) in [6.07, 6.45) is 3.90. The number of methoxy groups -OCH3 is 1. The van der Waals surface area contributed by atoms with Crippen LogP contribution in [0.1, 0.15) is 44.2 Å². The lowest BCUT2D eigenvalue weighted by molar-refractivity contribution is 0.412. The average Bonchev–Trinajstić information content (AvgIpc) is 3.12. The number of benzene rings is 1. The van der Waals surface area contributed by atoms with Crippen molar-refractivity contribution >= 4 is 0 Å². The largest absolute Gasteiger partial charge is 0.497 e. The smallest absolute Gasteiger partial charge is 0.119 e. The summed E-state index contributed by atoms with van der Waals surface area (Å²) in [6.45, 7) is 7.95. The first kappa shape index (κ1) is 13.4. The second-order valence-corrected chi connectivity index (χ2v) is 6.04. The molecular weight excluding hydrogens is 222 g/mol. The summed E-state index contributed by atoms with van der Waals surface area (Å²) in [4.78, 5) is 0. The Morgan fingerprint density at radius 1 is 1.33 bits per heavy atom. The third-order valence-corrected chi connectivity index (χ3v) is 3.92. The van der Waals surface area contributed by atoms with E-state index in [1.807, 2.05) is 0 Å². The predicted octanol–water partition coefficient (Wildman–Crippen LogP) is 3.42. The SMILES string of the molecule is COc1ccc(C(C)(C)CCNC2CC2)c(C)c1. The molecule has 0 heterocycles. The van der Waals surface area contributed by atoms with Gasteiger partial charge in [-0.2, -0.15) is 0 Å². The van der Waals surface area contributed by atoms with Crippen molar-refractivity contribution in [3.63, 3.8) is 0 Å². The van der Waals surface area contributed by atoms with Gasteiger partial charge < -0.3 is 10.1 Å². The van der Waals surface area contributed by atoms with Crippen LogP contribution in [0.5, 0.6) is 5.75 Å². The minimum absolute atomic E-state index is 0.220. The molecule has 1 aromatic rings. The molecule has 1 fully saturated rings. The zero-order valence-corrected chi connectivity index (χ0v) is 12.0. The lowest BCUT2D eigenvalue weighted by atomic mass is 9.79.